The van der Waals surface area contributed by atoms with E-state index in [9.17, 15) is 9.59 Å². The molecule has 0 radical (unpaired) electrons. The highest BCUT2D eigenvalue weighted by molar-refractivity contribution is 5.92. The smallest absolute Gasteiger partial charge is 0.338 e. The van der Waals surface area contributed by atoms with E-state index < -0.39 is 0 Å². The molecule has 29 heavy (non-hydrogen) atoms. The maximum atomic E-state index is 12.2. The number of rotatable bonds is 7. The van der Waals surface area contributed by atoms with E-state index in [1.54, 1.807) is 36.7 Å². The normalized spacial score (nSPS) is 10.4. The molecule has 150 valence electrons. The summed E-state index contributed by atoms with van der Waals surface area (Å²) in [4.78, 5) is 32.5. The molecule has 2 aromatic heterocycles. The molecular weight excluding hydrogens is 370 g/mol. The lowest BCUT2D eigenvalue weighted by molar-refractivity contribution is 0.0505. The summed E-state index contributed by atoms with van der Waals surface area (Å²) in [5, 5.41) is 5.55. The van der Waals surface area contributed by atoms with E-state index in [2.05, 4.69) is 20.6 Å². The van der Waals surface area contributed by atoms with Gasteiger partial charge >= 0.3 is 12.0 Å². The SMILES string of the molecule is CCCOC(=O)c1ccc(NC(=O)NCc2ccnc(-n3ccnc3C)c2)cc1. The van der Waals surface area contributed by atoms with E-state index in [0.717, 1.165) is 23.6 Å². The van der Waals surface area contributed by atoms with Gasteiger partial charge in [-0.2, -0.15) is 0 Å². The molecular formula is C21H23N5O3. The first-order chi connectivity index (χ1) is 14.1. The van der Waals surface area contributed by atoms with E-state index in [0.29, 0.717) is 24.4 Å². The van der Waals surface area contributed by atoms with Crippen LogP contribution in [0.3, 0.4) is 0 Å². The molecule has 0 unspecified atom stereocenters. The van der Waals surface area contributed by atoms with Crippen molar-refractivity contribution in [2.45, 2.75) is 26.8 Å². The van der Waals surface area contributed by atoms with E-state index in [1.807, 2.05) is 36.7 Å². The Balaban J connectivity index is 1.54. The number of nitrogens with one attached hydrogen (secondary N) is 2. The van der Waals surface area contributed by atoms with Crippen LogP contribution >= 0.6 is 0 Å². The number of hydrogen-bond acceptors (Lipinski definition) is 5. The average Bonchev–Trinajstić information content (AvgIpc) is 3.17. The van der Waals surface area contributed by atoms with Gasteiger partial charge in [0.25, 0.3) is 0 Å². The Morgan fingerprint density at radius 1 is 1.10 bits per heavy atom. The lowest BCUT2D eigenvalue weighted by Gasteiger charge is -2.10. The summed E-state index contributed by atoms with van der Waals surface area (Å²) < 4.78 is 6.95. The van der Waals surface area contributed by atoms with Crippen LogP contribution in [0, 0.1) is 6.92 Å². The van der Waals surface area contributed by atoms with Crippen LogP contribution in [-0.2, 0) is 11.3 Å². The molecule has 0 bridgehead atoms. The highest BCUT2D eigenvalue weighted by atomic mass is 16.5. The molecule has 8 nitrogen and oxygen atoms in total. The standard InChI is InChI=1S/C21H23N5O3/c1-3-12-29-20(27)17-4-6-18(7-5-17)25-21(28)24-14-16-8-9-23-19(13-16)26-11-10-22-15(26)2/h4-11,13H,3,12,14H2,1-2H3,(H2,24,25,28). The monoisotopic (exact) mass is 393 g/mol. The third kappa shape index (κ3) is 5.41. The van der Waals surface area contributed by atoms with Crippen LogP contribution in [0.2, 0.25) is 0 Å². The van der Waals surface area contributed by atoms with E-state index in [-0.39, 0.29) is 12.0 Å². The quantitative estimate of drug-likeness (QED) is 0.599. The van der Waals surface area contributed by atoms with Crippen LogP contribution in [-0.4, -0.2) is 33.1 Å². The molecule has 2 heterocycles. The summed E-state index contributed by atoms with van der Waals surface area (Å²) in [6.07, 6.45) is 6.01. The number of amides is 2. The molecule has 3 aromatic rings. The number of nitrogens with zero attached hydrogens (tertiary/aromatic N) is 3. The Morgan fingerprint density at radius 2 is 1.90 bits per heavy atom. The fraction of sp³-hybridized carbons (Fsp3) is 0.238. The number of esters is 1. The molecule has 0 spiro atoms. The second-order valence-electron chi connectivity index (χ2n) is 6.39. The maximum absolute atomic E-state index is 12.2. The number of carbonyl (C=O) groups excluding carboxylic acids is 2. The summed E-state index contributed by atoms with van der Waals surface area (Å²) in [5.41, 5.74) is 1.94. The van der Waals surface area contributed by atoms with Crippen LogP contribution in [0.4, 0.5) is 10.5 Å². The van der Waals surface area contributed by atoms with Gasteiger partial charge in [-0.25, -0.2) is 19.6 Å². The molecule has 0 aliphatic carbocycles. The van der Waals surface area contributed by atoms with Gasteiger partial charge in [0.1, 0.15) is 11.6 Å². The molecule has 0 atom stereocenters. The molecule has 2 N–H and O–H groups in total. The summed E-state index contributed by atoms with van der Waals surface area (Å²) >= 11 is 0. The minimum absolute atomic E-state index is 0.344. The largest absolute Gasteiger partial charge is 0.462 e. The van der Waals surface area contributed by atoms with Gasteiger partial charge in [0.2, 0.25) is 0 Å². The number of carbonyl (C=O) groups is 2. The van der Waals surface area contributed by atoms with Crippen molar-refractivity contribution in [3.8, 4) is 5.82 Å². The van der Waals surface area contributed by atoms with Crippen LogP contribution in [0.25, 0.3) is 5.82 Å². The Morgan fingerprint density at radius 3 is 2.59 bits per heavy atom. The van der Waals surface area contributed by atoms with Crippen molar-refractivity contribution in [2.75, 3.05) is 11.9 Å². The summed E-state index contributed by atoms with van der Waals surface area (Å²) in [6, 6.07) is 9.96. The van der Waals surface area contributed by atoms with Crippen molar-refractivity contribution >= 4 is 17.7 Å². The summed E-state index contributed by atoms with van der Waals surface area (Å²) in [7, 11) is 0. The number of pyridine rings is 1. The fourth-order valence-corrected chi connectivity index (χ4v) is 2.65. The molecule has 8 heteroatoms. The topological polar surface area (TPSA) is 98.1 Å². The van der Waals surface area contributed by atoms with Crippen molar-refractivity contribution < 1.29 is 14.3 Å². The van der Waals surface area contributed by atoms with Crippen molar-refractivity contribution in [1.82, 2.24) is 19.9 Å². The number of anilines is 1. The van der Waals surface area contributed by atoms with Crippen LogP contribution in [0.15, 0.2) is 55.0 Å². The predicted molar refractivity (Wildman–Crippen MR) is 109 cm³/mol. The zero-order valence-corrected chi connectivity index (χ0v) is 16.4. The second-order valence-corrected chi connectivity index (χ2v) is 6.39. The Kier molecular flexibility index (Phi) is 6.57. The highest BCUT2D eigenvalue weighted by Crippen LogP contribution is 2.12. The molecule has 0 aliphatic heterocycles. The lowest BCUT2D eigenvalue weighted by atomic mass is 10.2. The first-order valence-corrected chi connectivity index (χ1v) is 9.34. The van der Waals surface area contributed by atoms with Crippen molar-refractivity contribution in [2.24, 2.45) is 0 Å². The fourth-order valence-electron chi connectivity index (χ4n) is 2.65. The highest BCUT2D eigenvalue weighted by Gasteiger charge is 2.08. The molecule has 1 aromatic carbocycles. The van der Waals surface area contributed by atoms with Gasteiger partial charge < -0.3 is 15.4 Å². The zero-order valence-electron chi connectivity index (χ0n) is 16.4. The molecule has 3 rings (SSSR count). The molecule has 0 fully saturated rings. The lowest BCUT2D eigenvalue weighted by Crippen LogP contribution is -2.28. The predicted octanol–water partition coefficient (Wildman–Crippen LogP) is 3.46. The molecule has 0 saturated carbocycles. The first-order valence-electron chi connectivity index (χ1n) is 9.34. The van der Waals surface area contributed by atoms with Crippen molar-refractivity contribution in [1.29, 1.82) is 0 Å². The average molecular weight is 393 g/mol. The summed E-state index contributed by atoms with van der Waals surface area (Å²) in [5.74, 6) is 1.21. The Labute approximate surface area is 168 Å². The van der Waals surface area contributed by atoms with Gasteiger partial charge in [-0.1, -0.05) is 6.92 Å². The zero-order chi connectivity index (χ0) is 20.6. The van der Waals surface area contributed by atoms with Crippen LogP contribution in [0.1, 0.15) is 35.1 Å². The number of urea groups is 1. The number of ether oxygens (including phenoxy) is 1. The Hall–Kier alpha value is -3.68. The number of imidazole rings is 1. The molecule has 2 amide bonds. The van der Waals surface area contributed by atoms with Crippen molar-refractivity contribution in [3.05, 3.63) is 71.9 Å². The Bertz CT molecular complexity index is 982. The van der Waals surface area contributed by atoms with Gasteiger partial charge in [0.15, 0.2) is 0 Å². The summed E-state index contributed by atoms with van der Waals surface area (Å²) in [6.45, 7) is 4.56. The number of hydrogen-bond donors (Lipinski definition) is 2. The van der Waals surface area contributed by atoms with Crippen LogP contribution < -0.4 is 10.6 Å². The van der Waals surface area contributed by atoms with Crippen LogP contribution in [0.5, 0.6) is 0 Å². The van der Waals surface area contributed by atoms with Gasteiger partial charge in [0, 0.05) is 30.8 Å². The van der Waals surface area contributed by atoms with Gasteiger partial charge in [-0.05, 0) is 55.3 Å². The van der Waals surface area contributed by atoms with Gasteiger partial charge in [-0.3, -0.25) is 4.57 Å². The number of aromatic nitrogens is 3. The van der Waals surface area contributed by atoms with E-state index in [1.165, 1.54) is 0 Å². The third-order valence-corrected chi connectivity index (χ3v) is 4.15. The van der Waals surface area contributed by atoms with Gasteiger partial charge in [-0.15, -0.1) is 0 Å². The minimum atomic E-state index is -0.371. The molecule has 0 saturated heterocycles. The second kappa shape index (κ2) is 9.50. The van der Waals surface area contributed by atoms with Gasteiger partial charge in [0.05, 0.1) is 12.2 Å². The van der Waals surface area contributed by atoms with Crippen molar-refractivity contribution in [3.63, 3.8) is 0 Å². The number of aryl methyl sites for hydroxylation is 1. The maximum Gasteiger partial charge on any atom is 0.338 e. The number of benzene rings is 1. The molecule has 0 aliphatic rings. The third-order valence-electron chi connectivity index (χ3n) is 4.15. The van der Waals surface area contributed by atoms with E-state index >= 15 is 0 Å². The minimum Gasteiger partial charge on any atom is -0.462 e. The first kappa shape index (κ1) is 20.1. The van der Waals surface area contributed by atoms with E-state index in [4.69, 9.17) is 4.74 Å².